The van der Waals surface area contributed by atoms with Gasteiger partial charge in [0.2, 0.25) is 0 Å². The third-order valence-electron chi connectivity index (χ3n) is 0. The van der Waals surface area contributed by atoms with E-state index in [9.17, 15) is 0 Å². The maximum Gasteiger partial charge on any atom is 3.00 e. The standard InChI is InChI=1S/5C2H4O2.Ru.Zn/c5*1-2(3)4;;/h5*1H3,(H,3,4);;/q;;;;;+3;+2/p-5. The Labute approximate surface area is 153 Å². The molecule has 0 fully saturated rings. The number of rotatable bonds is 0. The predicted molar refractivity (Wildman–Crippen MR) is 53.4 cm³/mol. The van der Waals surface area contributed by atoms with Crippen molar-refractivity contribution in [2.45, 2.75) is 34.6 Å². The summed E-state index contributed by atoms with van der Waals surface area (Å²) in [4.78, 5) is 44.4. The van der Waals surface area contributed by atoms with E-state index in [2.05, 4.69) is 0 Å². The summed E-state index contributed by atoms with van der Waals surface area (Å²) >= 11 is 0. The molecule has 12 heteroatoms. The van der Waals surface area contributed by atoms with E-state index in [1.807, 2.05) is 0 Å². The Hall–Kier alpha value is -1.40. The molecule has 0 aromatic carbocycles. The molecular formula is C10H15O10RuZn. The van der Waals surface area contributed by atoms with Crippen LogP contribution in [0.25, 0.3) is 0 Å². The van der Waals surface area contributed by atoms with Gasteiger partial charge < -0.3 is 49.5 Å². The van der Waals surface area contributed by atoms with Crippen LogP contribution in [0, 0.1) is 0 Å². The Morgan fingerprint density at radius 2 is 0.455 bits per heavy atom. The fourth-order valence-electron chi connectivity index (χ4n) is 0. The van der Waals surface area contributed by atoms with Crippen LogP contribution in [0.3, 0.4) is 0 Å². The molecule has 0 aliphatic carbocycles. The van der Waals surface area contributed by atoms with Crippen LogP contribution in [0.15, 0.2) is 0 Å². The van der Waals surface area contributed by atoms with E-state index in [0.29, 0.717) is 0 Å². The van der Waals surface area contributed by atoms with E-state index >= 15 is 0 Å². The minimum absolute atomic E-state index is 0. The Morgan fingerprint density at radius 1 is 0.455 bits per heavy atom. The van der Waals surface area contributed by atoms with E-state index in [1.165, 1.54) is 0 Å². The molecule has 0 aromatic heterocycles. The van der Waals surface area contributed by atoms with Gasteiger partial charge in [-0.05, 0) is 34.6 Å². The van der Waals surface area contributed by atoms with E-state index in [4.69, 9.17) is 49.5 Å². The molecule has 0 saturated carbocycles. The number of aliphatic carboxylic acids is 5. The zero-order valence-electron chi connectivity index (χ0n) is 12.6. The molecule has 0 heterocycles. The fourth-order valence-corrected chi connectivity index (χ4v) is 0. The van der Waals surface area contributed by atoms with Crippen LogP contribution < -0.4 is 25.5 Å². The Balaban J connectivity index is -0.0000000250. The van der Waals surface area contributed by atoms with Crippen molar-refractivity contribution in [2.75, 3.05) is 0 Å². The molecule has 0 saturated heterocycles. The Bertz CT molecular complexity index is 216. The number of carbonyl (C=O) groups excluding carboxylic acids is 5. The van der Waals surface area contributed by atoms with E-state index in [-0.39, 0.29) is 39.0 Å². The van der Waals surface area contributed by atoms with Gasteiger partial charge in [0.1, 0.15) is 0 Å². The second-order valence-electron chi connectivity index (χ2n) is 2.46. The molecule has 0 unspecified atom stereocenters. The van der Waals surface area contributed by atoms with Crippen LogP contribution in [-0.4, -0.2) is 29.8 Å². The molecule has 22 heavy (non-hydrogen) atoms. The van der Waals surface area contributed by atoms with Crippen molar-refractivity contribution in [3.63, 3.8) is 0 Å². The molecule has 0 aromatic rings. The summed E-state index contributed by atoms with van der Waals surface area (Å²) < 4.78 is 0. The minimum Gasteiger partial charge on any atom is -0.550 e. The van der Waals surface area contributed by atoms with Gasteiger partial charge in [0.15, 0.2) is 0 Å². The van der Waals surface area contributed by atoms with Gasteiger partial charge in [0, 0.05) is 29.8 Å². The maximum atomic E-state index is 8.89. The van der Waals surface area contributed by atoms with Gasteiger partial charge in [0.05, 0.1) is 0 Å². The zero-order valence-corrected chi connectivity index (χ0v) is 17.3. The summed E-state index contributed by atoms with van der Waals surface area (Å²) in [5, 5.41) is 44.4. The Kier molecular flexibility index (Phi) is 71.3. The monoisotopic (exact) mass is 461 g/mol. The first-order valence-electron chi connectivity index (χ1n) is 4.54. The van der Waals surface area contributed by atoms with Gasteiger partial charge in [-0.2, -0.15) is 0 Å². The van der Waals surface area contributed by atoms with Crippen molar-refractivity contribution in [3.8, 4) is 0 Å². The SMILES string of the molecule is CC(=O)[O-].CC(=O)[O-].CC(=O)[O-].CC(=O)[O-].CC(=O)[O-].[Ru+3].[Zn+2]. The fraction of sp³-hybridized carbons (Fsp3) is 0.500. The maximum absolute atomic E-state index is 8.89. The minimum atomic E-state index is -1.08. The second kappa shape index (κ2) is 36.7. The van der Waals surface area contributed by atoms with Crippen molar-refractivity contribution < 1.29 is 88.5 Å². The van der Waals surface area contributed by atoms with Crippen molar-refractivity contribution in [2.24, 2.45) is 0 Å². The first kappa shape index (κ1) is 42.8. The van der Waals surface area contributed by atoms with Crippen molar-refractivity contribution in [1.82, 2.24) is 0 Å². The topological polar surface area (TPSA) is 201 Å². The summed E-state index contributed by atoms with van der Waals surface area (Å²) in [6.07, 6.45) is 0. The first-order chi connectivity index (χ1) is 8.66. The molecule has 0 rings (SSSR count). The molecule has 0 atom stereocenters. The number of carboxylic acids is 5. The van der Waals surface area contributed by atoms with Crippen molar-refractivity contribution in [1.29, 1.82) is 0 Å². The molecule has 10 nitrogen and oxygen atoms in total. The van der Waals surface area contributed by atoms with Crippen LogP contribution >= 0.6 is 0 Å². The number of carboxylic acid groups (broad SMARTS) is 5. The predicted octanol–water partition coefficient (Wildman–Crippen LogP) is -6.22. The normalized spacial score (nSPS) is 5.68. The largest absolute Gasteiger partial charge is 3.00 e. The van der Waals surface area contributed by atoms with Gasteiger partial charge in [0.25, 0.3) is 0 Å². The van der Waals surface area contributed by atoms with Crippen LogP contribution in [0.5, 0.6) is 0 Å². The van der Waals surface area contributed by atoms with Gasteiger partial charge in [-0.1, -0.05) is 0 Å². The average Bonchev–Trinajstić information content (AvgIpc) is 1.94. The molecular weight excluding hydrogens is 447 g/mol. The third kappa shape index (κ3) is 2920. The molecule has 125 valence electrons. The van der Waals surface area contributed by atoms with Crippen LogP contribution in [-0.2, 0) is 62.9 Å². The number of hydrogen-bond donors (Lipinski definition) is 0. The van der Waals surface area contributed by atoms with Crippen molar-refractivity contribution >= 4 is 29.8 Å². The van der Waals surface area contributed by atoms with Crippen molar-refractivity contribution in [3.05, 3.63) is 0 Å². The summed E-state index contributed by atoms with van der Waals surface area (Å²) in [5.41, 5.74) is 0. The first-order valence-corrected chi connectivity index (χ1v) is 4.54. The van der Waals surface area contributed by atoms with Crippen LogP contribution in [0.2, 0.25) is 0 Å². The molecule has 0 aliphatic rings. The molecule has 1 radical (unpaired) electrons. The number of hydrogen-bond acceptors (Lipinski definition) is 10. The molecule has 0 aliphatic heterocycles. The van der Waals surface area contributed by atoms with Crippen LogP contribution in [0.4, 0.5) is 0 Å². The summed E-state index contributed by atoms with van der Waals surface area (Å²) in [6.45, 7) is 4.86. The van der Waals surface area contributed by atoms with Gasteiger partial charge in [-0.15, -0.1) is 0 Å². The summed E-state index contributed by atoms with van der Waals surface area (Å²) in [7, 11) is 0. The molecule has 0 spiro atoms. The molecule has 0 bridgehead atoms. The Morgan fingerprint density at radius 3 is 0.455 bits per heavy atom. The molecule has 0 N–H and O–H groups in total. The quantitative estimate of drug-likeness (QED) is 0.312. The average molecular weight is 462 g/mol. The van der Waals surface area contributed by atoms with Crippen LogP contribution in [0.1, 0.15) is 34.6 Å². The van der Waals surface area contributed by atoms with E-state index in [1.54, 1.807) is 0 Å². The van der Waals surface area contributed by atoms with Gasteiger partial charge >= 0.3 is 39.0 Å². The third-order valence-corrected chi connectivity index (χ3v) is 0. The van der Waals surface area contributed by atoms with E-state index in [0.717, 1.165) is 34.6 Å². The van der Waals surface area contributed by atoms with E-state index < -0.39 is 29.8 Å². The smallest absolute Gasteiger partial charge is 0.550 e. The van der Waals surface area contributed by atoms with Gasteiger partial charge in [-0.3, -0.25) is 0 Å². The number of carbonyl (C=O) groups is 5. The van der Waals surface area contributed by atoms with Gasteiger partial charge in [-0.25, -0.2) is 0 Å². The second-order valence-corrected chi connectivity index (χ2v) is 2.46. The molecule has 0 amide bonds. The summed E-state index contributed by atoms with van der Waals surface area (Å²) in [5.74, 6) is -5.42. The summed E-state index contributed by atoms with van der Waals surface area (Å²) in [6, 6.07) is 0. The zero-order chi connectivity index (χ0) is 17.9.